The number of fused-ring (bicyclic) bond motifs is 7. The second-order valence-electron chi connectivity index (χ2n) is 16.2. The Hall–Kier alpha value is -1.57. The van der Waals surface area contributed by atoms with Crippen LogP contribution in [0.2, 0.25) is 0 Å². The molecule has 214 valence electrons. The Morgan fingerprint density at radius 3 is 2.28 bits per heavy atom. The van der Waals surface area contributed by atoms with E-state index in [9.17, 15) is 4.79 Å². The predicted molar refractivity (Wildman–Crippen MR) is 162 cm³/mol. The van der Waals surface area contributed by atoms with Crippen molar-refractivity contribution in [2.24, 2.45) is 57.2 Å². The summed E-state index contributed by atoms with van der Waals surface area (Å²) in [6.07, 6.45) is 14.1. The van der Waals surface area contributed by atoms with Gasteiger partial charge in [0.15, 0.2) is 0 Å². The number of amides is 1. The monoisotopic (exact) mass is 529 g/mol. The van der Waals surface area contributed by atoms with E-state index >= 15 is 0 Å². The van der Waals surface area contributed by atoms with Crippen molar-refractivity contribution in [1.29, 1.82) is 0 Å². The third-order valence-corrected chi connectivity index (χ3v) is 14.5. The van der Waals surface area contributed by atoms with Crippen molar-refractivity contribution >= 4 is 5.91 Å². The quantitative estimate of drug-likeness (QED) is 0.387. The summed E-state index contributed by atoms with van der Waals surface area (Å²) >= 11 is 0. The van der Waals surface area contributed by atoms with Gasteiger partial charge >= 0.3 is 0 Å². The molecule has 5 saturated carbocycles. The molecule has 0 aliphatic heterocycles. The zero-order valence-corrected chi connectivity index (χ0v) is 25.8. The molecule has 6 rings (SSSR count). The van der Waals surface area contributed by atoms with Crippen LogP contribution in [-0.2, 0) is 11.2 Å². The number of benzene rings is 1. The first kappa shape index (κ1) is 27.6. The summed E-state index contributed by atoms with van der Waals surface area (Å²) in [4.78, 5) is 13.1. The average Bonchev–Trinajstić information content (AvgIpc) is 3.31. The van der Waals surface area contributed by atoms with Crippen LogP contribution in [0.5, 0.6) is 0 Å². The summed E-state index contributed by atoms with van der Waals surface area (Å²) in [6.45, 7) is 20.0. The first-order chi connectivity index (χ1) is 18.4. The van der Waals surface area contributed by atoms with Crippen molar-refractivity contribution < 1.29 is 4.79 Å². The highest BCUT2D eigenvalue weighted by Crippen LogP contribution is 2.76. The molecule has 39 heavy (non-hydrogen) atoms. The summed E-state index contributed by atoms with van der Waals surface area (Å²) in [5.74, 6) is 5.14. The van der Waals surface area contributed by atoms with Crippen LogP contribution in [0.4, 0.5) is 0 Å². The molecule has 5 aliphatic rings. The van der Waals surface area contributed by atoms with E-state index in [4.69, 9.17) is 0 Å². The summed E-state index contributed by atoms with van der Waals surface area (Å²) in [7, 11) is 0. The number of carbonyl (C=O) groups is 1. The summed E-state index contributed by atoms with van der Waals surface area (Å²) in [5.41, 5.74) is 3.93. The predicted octanol–water partition coefficient (Wildman–Crippen LogP) is 9.00. The van der Waals surface area contributed by atoms with Gasteiger partial charge in [0, 0.05) is 6.04 Å². The van der Waals surface area contributed by atoms with Crippen molar-refractivity contribution in [1.82, 2.24) is 5.32 Å². The molecular weight excluding hydrogens is 474 g/mol. The molecule has 2 heteroatoms. The van der Waals surface area contributed by atoms with E-state index in [0.717, 1.165) is 41.6 Å². The Morgan fingerprint density at radius 1 is 0.846 bits per heavy atom. The molecule has 1 amide bonds. The number of nitrogens with one attached hydrogen (secondary N) is 1. The van der Waals surface area contributed by atoms with Crippen LogP contribution in [0, 0.1) is 57.2 Å². The Balaban J connectivity index is 1.24. The van der Waals surface area contributed by atoms with Crippen LogP contribution in [0.3, 0.4) is 0 Å². The van der Waals surface area contributed by atoms with Gasteiger partial charge in [-0.1, -0.05) is 77.1 Å². The summed E-state index contributed by atoms with van der Waals surface area (Å²) in [6, 6.07) is 10.5. The maximum Gasteiger partial charge on any atom is 0.224 e. The maximum absolute atomic E-state index is 13.1. The molecule has 1 aromatic rings. The first-order valence-corrected chi connectivity index (χ1v) is 16.4. The molecule has 0 spiro atoms. The minimum atomic E-state index is 0.118. The summed E-state index contributed by atoms with van der Waals surface area (Å²) < 4.78 is 0. The summed E-state index contributed by atoms with van der Waals surface area (Å²) in [5, 5.41) is 3.54. The van der Waals surface area contributed by atoms with Gasteiger partial charge in [-0.05, 0) is 134 Å². The number of hydrogen-bond donors (Lipinski definition) is 1. The lowest BCUT2D eigenvalue weighted by Gasteiger charge is -2.72. The third-order valence-electron chi connectivity index (χ3n) is 14.5. The van der Waals surface area contributed by atoms with Gasteiger partial charge in [0.1, 0.15) is 0 Å². The minimum absolute atomic E-state index is 0.118. The second kappa shape index (κ2) is 9.49. The van der Waals surface area contributed by atoms with E-state index in [1.165, 1.54) is 63.4 Å². The first-order valence-electron chi connectivity index (χ1n) is 16.4. The average molecular weight is 530 g/mol. The van der Waals surface area contributed by atoms with Crippen molar-refractivity contribution in [2.45, 2.75) is 118 Å². The molecule has 10 atom stereocenters. The molecule has 0 aromatic heterocycles. The van der Waals surface area contributed by atoms with Crippen LogP contribution in [0.15, 0.2) is 42.5 Å². The molecule has 5 aliphatic carbocycles. The molecule has 5 fully saturated rings. The standard InChI is InChI=1S/C37H55NO/c1-24(2)27-14-13-26-17-21-36(6)28(33(26)27)15-16-30-35(5)20-19-31(34(3,4)29(35)18-22-37(30,36)7)38-32(39)23-25-11-9-8-10-12-25/h8-12,26-31,33H,1,13-23H2,2-7H3,(H,38,39)/t26-,27+,28-,29+,30-,31?,33-,35+,36-,37-/m1/s1. The fourth-order valence-corrected chi connectivity index (χ4v) is 12.5. The van der Waals surface area contributed by atoms with Crippen molar-refractivity contribution in [3.63, 3.8) is 0 Å². The molecule has 0 saturated heterocycles. The fraction of sp³-hybridized carbons (Fsp3) is 0.757. The van der Waals surface area contributed by atoms with Crippen LogP contribution in [-0.4, -0.2) is 11.9 Å². The zero-order valence-electron chi connectivity index (χ0n) is 25.8. The number of carbonyl (C=O) groups excluding carboxylic acids is 1. The normalized spacial score (nSPS) is 46.3. The van der Waals surface area contributed by atoms with E-state index in [1.54, 1.807) is 0 Å². The van der Waals surface area contributed by atoms with Gasteiger partial charge in [-0.2, -0.15) is 0 Å². The molecular formula is C37H55NO. The van der Waals surface area contributed by atoms with Gasteiger partial charge in [-0.15, -0.1) is 0 Å². The molecule has 1 N–H and O–H groups in total. The van der Waals surface area contributed by atoms with Gasteiger partial charge in [0.25, 0.3) is 0 Å². The number of hydrogen-bond acceptors (Lipinski definition) is 1. The van der Waals surface area contributed by atoms with E-state index in [1.807, 2.05) is 18.2 Å². The third kappa shape index (κ3) is 4.04. The Bertz CT molecular complexity index is 1110. The Morgan fingerprint density at radius 2 is 1.56 bits per heavy atom. The van der Waals surface area contributed by atoms with E-state index < -0.39 is 0 Å². The highest BCUT2D eigenvalue weighted by atomic mass is 16.1. The van der Waals surface area contributed by atoms with E-state index in [0.29, 0.717) is 28.6 Å². The lowest BCUT2D eigenvalue weighted by atomic mass is 9.33. The van der Waals surface area contributed by atoms with Crippen LogP contribution >= 0.6 is 0 Å². The van der Waals surface area contributed by atoms with Crippen LogP contribution < -0.4 is 5.32 Å². The van der Waals surface area contributed by atoms with E-state index in [-0.39, 0.29) is 17.4 Å². The minimum Gasteiger partial charge on any atom is -0.353 e. The van der Waals surface area contributed by atoms with Crippen molar-refractivity contribution in [2.75, 3.05) is 0 Å². The van der Waals surface area contributed by atoms with E-state index in [2.05, 4.69) is 65.6 Å². The van der Waals surface area contributed by atoms with Crippen molar-refractivity contribution in [3.05, 3.63) is 48.0 Å². The van der Waals surface area contributed by atoms with Crippen LogP contribution in [0.1, 0.15) is 111 Å². The van der Waals surface area contributed by atoms with Gasteiger partial charge < -0.3 is 5.32 Å². The molecule has 0 bridgehead atoms. The maximum atomic E-state index is 13.1. The second-order valence-corrected chi connectivity index (χ2v) is 16.2. The Kier molecular flexibility index (Phi) is 6.71. The fourth-order valence-electron chi connectivity index (χ4n) is 12.5. The van der Waals surface area contributed by atoms with Gasteiger partial charge in [0.05, 0.1) is 6.42 Å². The highest BCUT2D eigenvalue weighted by molar-refractivity contribution is 5.79. The largest absolute Gasteiger partial charge is 0.353 e. The molecule has 0 heterocycles. The van der Waals surface area contributed by atoms with Crippen molar-refractivity contribution in [3.8, 4) is 0 Å². The molecule has 1 unspecified atom stereocenters. The molecule has 2 nitrogen and oxygen atoms in total. The lowest BCUT2D eigenvalue weighted by molar-refractivity contribution is -0.231. The van der Waals surface area contributed by atoms with Gasteiger partial charge in [-0.3, -0.25) is 4.79 Å². The van der Waals surface area contributed by atoms with Crippen LogP contribution in [0.25, 0.3) is 0 Å². The molecule has 0 radical (unpaired) electrons. The zero-order chi connectivity index (χ0) is 27.8. The Labute approximate surface area is 239 Å². The topological polar surface area (TPSA) is 29.1 Å². The number of rotatable bonds is 4. The van der Waals surface area contributed by atoms with Gasteiger partial charge in [-0.25, -0.2) is 0 Å². The van der Waals surface area contributed by atoms with Gasteiger partial charge in [0.2, 0.25) is 5.91 Å². The smallest absolute Gasteiger partial charge is 0.224 e. The number of allylic oxidation sites excluding steroid dienone is 1. The SMILES string of the molecule is C=C(C)[C@@H]1CC[C@@H]2CC[C@]3(C)[C@H](CC[C@@H]4[C@@]5(C)CCC(NC(=O)Cc6ccccc6)C(C)(C)[C@@H]5CC[C@]43C)[C@H]21. The lowest BCUT2D eigenvalue weighted by Crippen LogP contribution is -2.67. The molecule has 1 aromatic carbocycles. The highest BCUT2D eigenvalue weighted by Gasteiger charge is 2.69.